The maximum absolute atomic E-state index is 12.6. The van der Waals surface area contributed by atoms with Crippen molar-refractivity contribution in [3.05, 3.63) is 35.6 Å². The lowest BCUT2D eigenvalue weighted by Crippen LogP contribution is -2.08. The molecule has 1 atom stereocenters. The van der Waals surface area contributed by atoms with E-state index in [2.05, 4.69) is 0 Å². The molecule has 1 aliphatic rings. The number of fused-ring (bicyclic) bond motifs is 1. The Labute approximate surface area is 118 Å². The van der Waals surface area contributed by atoms with E-state index < -0.39 is 17.9 Å². The van der Waals surface area contributed by atoms with Crippen molar-refractivity contribution in [1.82, 2.24) is 0 Å². The summed E-state index contributed by atoms with van der Waals surface area (Å²) in [6.07, 6.45) is -2.58. The van der Waals surface area contributed by atoms with Crippen molar-refractivity contribution in [2.75, 3.05) is 0 Å². The van der Waals surface area contributed by atoms with Gasteiger partial charge in [0, 0.05) is 5.39 Å². The largest absolute Gasteiger partial charge is 0.481 e. The number of carbonyl (C=O) groups is 1. The van der Waals surface area contributed by atoms with Crippen molar-refractivity contribution in [3.8, 4) is 0 Å². The van der Waals surface area contributed by atoms with E-state index in [4.69, 9.17) is 9.52 Å². The lowest BCUT2D eigenvalue weighted by atomic mass is 9.90. The van der Waals surface area contributed by atoms with Crippen LogP contribution in [0.15, 0.2) is 28.7 Å². The Bertz CT molecular complexity index is 683. The molecule has 1 N–H and O–H groups in total. The fourth-order valence-electron chi connectivity index (χ4n) is 2.68. The second kappa shape index (κ2) is 4.79. The Morgan fingerprint density at radius 2 is 2.05 bits per heavy atom. The highest BCUT2D eigenvalue weighted by Crippen LogP contribution is 2.45. The number of hydrogen-bond donors (Lipinski definition) is 1. The van der Waals surface area contributed by atoms with E-state index >= 15 is 0 Å². The Morgan fingerprint density at radius 1 is 1.33 bits per heavy atom. The van der Waals surface area contributed by atoms with Crippen LogP contribution in [-0.4, -0.2) is 11.1 Å². The summed E-state index contributed by atoms with van der Waals surface area (Å²) in [7, 11) is 0. The Hall–Kier alpha value is -1.98. The number of alkyl halides is 3. The number of hydrogen-bond acceptors (Lipinski definition) is 2. The number of benzene rings is 1. The molecular weight excluding hydrogens is 285 g/mol. The number of aliphatic carboxylic acids is 1. The van der Waals surface area contributed by atoms with Gasteiger partial charge in [0.1, 0.15) is 5.58 Å². The van der Waals surface area contributed by atoms with Crippen LogP contribution in [0.1, 0.15) is 36.5 Å². The van der Waals surface area contributed by atoms with Crippen molar-refractivity contribution in [2.45, 2.75) is 31.4 Å². The molecule has 3 nitrogen and oxygen atoms in total. The van der Waals surface area contributed by atoms with Crippen LogP contribution in [0.25, 0.3) is 11.0 Å². The van der Waals surface area contributed by atoms with Crippen molar-refractivity contribution >= 4 is 16.9 Å². The smallest absolute Gasteiger partial charge is 0.449 e. The maximum atomic E-state index is 12.6. The molecule has 1 heterocycles. The average Bonchev–Trinajstić information content (AvgIpc) is 3.12. The van der Waals surface area contributed by atoms with Crippen molar-refractivity contribution in [2.24, 2.45) is 5.92 Å². The Balaban J connectivity index is 1.97. The van der Waals surface area contributed by atoms with E-state index in [1.165, 1.54) is 6.07 Å². The van der Waals surface area contributed by atoms with Crippen LogP contribution in [0.3, 0.4) is 0 Å². The molecule has 1 fully saturated rings. The minimum atomic E-state index is -4.52. The molecule has 6 heteroatoms. The molecule has 1 aromatic heterocycles. The molecule has 1 saturated carbocycles. The topological polar surface area (TPSA) is 50.4 Å². The third-order valence-corrected chi connectivity index (χ3v) is 3.83. The first-order chi connectivity index (χ1) is 9.84. The number of carboxylic acid groups (broad SMARTS) is 1. The summed E-state index contributed by atoms with van der Waals surface area (Å²) in [6.45, 7) is 0. The van der Waals surface area contributed by atoms with Crippen LogP contribution in [0.2, 0.25) is 0 Å². The molecule has 2 aromatic rings. The van der Waals surface area contributed by atoms with E-state index in [0.717, 1.165) is 24.5 Å². The molecule has 0 saturated heterocycles. The molecule has 0 spiro atoms. The highest BCUT2D eigenvalue weighted by molar-refractivity contribution is 5.79. The molecule has 0 amide bonds. The molecule has 1 aromatic carbocycles. The molecular formula is C15H13F3O3. The number of rotatable bonds is 4. The van der Waals surface area contributed by atoms with Gasteiger partial charge >= 0.3 is 12.1 Å². The third-order valence-electron chi connectivity index (χ3n) is 3.83. The first kappa shape index (κ1) is 14.0. The van der Waals surface area contributed by atoms with Gasteiger partial charge in [-0.3, -0.25) is 4.79 Å². The molecule has 21 heavy (non-hydrogen) atoms. The van der Waals surface area contributed by atoms with Crippen molar-refractivity contribution in [3.63, 3.8) is 0 Å². The molecule has 0 radical (unpaired) electrons. The summed E-state index contributed by atoms with van der Waals surface area (Å²) in [6, 6.07) is 5.72. The SMILES string of the molecule is O=C(O)CC(c1ccc2oc(C(F)(F)F)cc2c1)C1CC1. The molecule has 112 valence electrons. The summed E-state index contributed by atoms with van der Waals surface area (Å²) >= 11 is 0. The summed E-state index contributed by atoms with van der Waals surface area (Å²) in [4.78, 5) is 10.9. The van der Waals surface area contributed by atoms with Gasteiger partial charge in [0.05, 0.1) is 6.42 Å². The van der Waals surface area contributed by atoms with Gasteiger partial charge < -0.3 is 9.52 Å². The van der Waals surface area contributed by atoms with Crippen LogP contribution in [0.5, 0.6) is 0 Å². The fourth-order valence-corrected chi connectivity index (χ4v) is 2.68. The zero-order valence-electron chi connectivity index (χ0n) is 11.0. The summed E-state index contributed by atoms with van der Waals surface area (Å²) in [5, 5.41) is 9.34. The Morgan fingerprint density at radius 3 is 2.62 bits per heavy atom. The van der Waals surface area contributed by atoms with Crippen LogP contribution >= 0.6 is 0 Å². The number of carboxylic acids is 1. The van der Waals surface area contributed by atoms with Gasteiger partial charge in [-0.1, -0.05) is 6.07 Å². The van der Waals surface area contributed by atoms with Crippen molar-refractivity contribution < 1.29 is 27.5 Å². The Kier molecular flexibility index (Phi) is 3.19. The maximum Gasteiger partial charge on any atom is 0.449 e. The lowest BCUT2D eigenvalue weighted by Gasteiger charge is -2.14. The zero-order chi connectivity index (χ0) is 15.2. The standard InChI is InChI=1S/C15H13F3O3/c16-15(17,18)13-6-10-5-9(3-4-12(10)21-13)11(7-14(19)20)8-1-2-8/h3-6,8,11H,1-2,7H2,(H,19,20). The second-order valence-corrected chi connectivity index (χ2v) is 5.45. The number of furan rings is 1. The van der Waals surface area contributed by atoms with Gasteiger partial charge in [-0.05, 0) is 48.4 Å². The summed E-state index contributed by atoms with van der Waals surface area (Å²) < 4.78 is 42.7. The first-order valence-corrected chi connectivity index (χ1v) is 6.67. The van der Waals surface area contributed by atoms with Gasteiger partial charge in [-0.2, -0.15) is 13.2 Å². The van der Waals surface area contributed by atoms with Crippen LogP contribution < -0.4 is 0 Å². The third kappa shape index (κ3) is 2.89. The van der Waals surface area contributed by atoms with E-state index in [1.54, 1.807) is 12.1 Å². The van der Waals surface area contributed by atoms with Gasteiger partial charge in [0.15, 0.2) is 0 Å². The van der Waals surface area contributed by atoms with Gasteiger partial charge in [-0.25, -0.2) is 0 Å². The van der Waals surface area contributed by atoms with Gasteiger partial charge in [0.2, 0.25) is 5.76 Å². The monoisotopic (exact) mass is 298 g/mol. The second-order valence-electron chi connectivity index (χ2n) is 5.45. The summed E-state index contributed by atoms with van der Waals surface area (Å²) in [5.74, 6) is -1.75. The van der Waals surface area contributed by atoms with Crippen LogP contribution in [0.4, 0.5) is 13.2 Å². The predicted octanol–water partition coefficient (Wildman–Crippen LogP) is 4.42. The number of halogens is 3. The van der Waals surface area contributed by atoms with E-state index in [9.17, 15) is 18.0 Å². The highest BCUT2D eigenvalue weighted by Gasteiger charge is 2.36. The molecule has 1 unspecified atom stereocenters. The average molecular weight is 298 g/mol. The lowest BCUT2D eigenvalue weighted by molar-refractivity contribution is -0.152. The molecule has 0 aliphatic heterocycles. The molecule has 1 aliphatic carbocycles. The summed E-state index contributed by atoms with van der Waals surface area (Å²) in [5.41, 5.74) is 0.929. The van der Waals surface area contributed by atoms with Crippen LogP contribution in [0, 0.1) is 5.92 Å². The van der Waals surface area contributed by atoms with E-state index in [-0.39, 0.29) is 17.9 Å². The first-order valence-electron chi connectivity index (χ1n) is 6.67. The minimum Gasteiger partial charge on any atom is -0.481 e. The van der Waals surface area contributed by atoms with Gasteiger partial charge in [0.25, 0.3) is 0 Å². The predicted molar refractivity (Wildman–Crippen MR) is 68.9 cm³/mol. The fraction of sp³-hybridized carbons (Fsp3) is 0.400. The van der Waals surface area contributed by atoms with Crippen LogP contribution in [-0.2, 0) is 11.0 Å². The van der Waals surface area contributed by atoms with E-state index in [0.29, 0.717) is 11.3 Å². The zero-order valence-corrected chi connectivity index (χ0v) is 11.0. The highest BCUT2D eigenvalue weighted by atomic mass is 19.4. The minimum absolute atomic E-state index is 0.000152. The quantitative estimate of drug-likeness (QED) is 0.909. The van der Waals surface area contributed by atoms with Crippen molar-refractivity contribution in [1.29, 1.82) is 0 Å². The molecule has 0 bridgehead atoms. The van der Waals surface area contributed by atoms with E-state index in [1.807, 2.05) is 0 Å². The van der Waals surface area contributed by atoms with Gasteiger partial charge in [-0.15, -0.1) is 0 Å². The molecule has 3 rings (SSSR count). The normalized spacial score (nSPS) is 17.1.